The van der Waals surface area contributed by atoms with Gasteiger partial charge in [0, 0.05) is 56.2 Å². The van der Waals surface area contributed by atoms with E-state index in [1.54, 1.807) is 6.20 Å². The van der Waals surface area contributed by atoms with E-state index in [0.29, 0.717) is 17.9 Å². The average Bonchev–Trinajstić information content (AvgIpc) is 3.51. The summed E-state index contributed by atoms with van der Waals surface area (Å²) >= 11 is 0. The van der Waals surface area contributed by atoms with Crippen molar-refractivity contribution in [3.63, 3.8) is 0 Å². The standard InChI is InChI=1S/C27H26N6O3/c1-31(16-18-6-3-2-4-7-18)23-14-22(30-33-24(27(34)35)15-29-26(23)33)21-17-32(19-9-12-36-13-10-19)25-20(21)8-5-11-28-25/h2-8,11,14-15,17,19H,9-10,12-13,16H2,1H3,(H,34,35). The minimum Gasteiger partial charge on any atom is -0.476 e. The minimum absolute atomic E-state index is 0.0208. The molecule has 1 aromatic carbocycles. The summed E-state index contributed by atoms with van der Waals surface area (Å²) in [5.74, 6) is -1.07. The number of carbonyl (C=O) groups is 1. The molecular weight excluding hydrogens is 456 g/mol. The lowest BCUT2D eigenvalue weighted by atomic mass is 10.1. The monoisotopic (exact) mass is 482 g/mol. The number of imidazole rings is 1. The molecule has 1 fully saturated rings. The van der Waals surface area contributed by atoms with Gasteiger partial charge in [-0.1, -0.05) is 30.3 Å². The molecule has 0 saturated carbocycles. The zero-order valence-electron chi connectivity index (χ0n) is 19.9. The van der Waals surface area contributed by atoms with Crippen molar-refractivity contribution in [1.82, 2.24) is 24.1 Å². The number of aromatic nitrogens is 5. The van der Waals surface area contributed by atoms with Gasteiger partial charge in [0.1, 0.15) is 5.65 Å². The quantitative estimate of drug-likeness (QED) is 0.382. The van der Waals surface area contributed by atoms with Gasteiger partial charge in [-0.05, 0) is 36.6 Å². The predicted octanol–water partition coefficient (Wildman–Crippen LogP) is 4.43. The Balaban J connectivity index is 1.53. The average molecular weight is 483 g/mol. The summed E-state index contributed by atoms with van der Waals surface area (Å²) in [5, 5.41) is 15.5. The Labute approximate surface area is 207 Å². The molecule has 6 rings (SSSR count). The van der Waals surface area contributed by atoms with Crippen molar-refractivity contribution < 1.29 is 14.6 Å². The van der Waals surface area contributed by atoms with Crippen molar-refractivity contribution in [3.8, 4) is 11.3 Å². The molecule has 0 bridgehead atoms. The number of nitrogens with zero attached hydrogens (tertiary/aromatic N) is 6. The Hall–Kier alpha value is -4.24. The minimum atomic E-state index is -1.07. The summed E-state index contributed by atoms with van der Waals surface area (Å²) in [7, 11) is 1.98. The molecule has 0 spiro atoms. The van der Waals surface area contributed by atoms with Crippen molar-refractivity contribution in [2.24, 2.45) is 0 Å². The van der Waals surface area contributed by atoms with Crippen LogP contribution in [0.2, 0.25) is 0 Å². The van der Waals surface area contributed by atoms with Gasteiger partial charge in [-0.3, -0.25) is 0 Å². The highest BCUT2D eigenvalue weighted by Crippen LogP contribution is 2.35. The summed E-state index contributed by atoms with van der Waals surface area (Å²) < 4.78 is 9.23. The van der Waals surface area contributed by atoms with Crippen LogP contribution in [0.15, 0.2) is 67.1 Å². The third-order valence-corrected chi connectivity index (χ3v) is 6.79. The van der Waals surface area contributed by atoms with Gasteiger partial charge >= 0.3 is 5.97 Å². The van der Waals surface area contributed by atoms with Gasteiger partial charge in [0.25, 0.3) is 0 Å². The number of hydrogen-bond acceptors (Lipinski definition) is 6. The SMILES string of the molecule is CN(Cc1ccccc1)c1cc(-c2cn(C3CCOCC3)c3ncccc23)nn2c(C(=O)O)cnc12. The summed E-state index contributed by atoms with van der Waals surface area (Å²) in [6.45, 7) is 2.09. The Kier molecular flexibility index (Phi) is 5.61. The Bertz CT molecular complexity index is 1550. The number of hydrogen-bond donors (Lipinski definition) is 1. The number of anilines is 1. The number of fused-ring (bicyclic) bond motifs is 2. The number of benzene rings is 1. The van der Waals surface area contributed by atoms with Crippen molar-refractivity contribution in [2.45, 2.75) is 25.4 Å². The molecule has 0 atom stereocenters. The molecule has 182 valence electrons. The molecule has 5 heterocycles. The first-order valence-electron chi connectivity index (χ1n) is 12.0. The molecule has 4 aromatic heterocycles. The molecule has 1 saturated heterocycles. The van der Waals surface area contributed by atoms with E-state index in [0.717, 1.165) is 53.9 Å². The predicted molar refractivity (Wildman–Crippen MR) is 136 cm³/mol. The Morgan fingerprint density at radius 3 is 2.69 bits per heavy atom. The first kappa shape index (κ1) is 22.2. The second-order valence-corrected chi connectivity index (χ2v) is 9.11. The van der Waals surface area contributed by atoms with Gasteiger partial charge in [-0.25, -0.2) is 19.3 Å². The zero-order valence-corrected chi connectivity index (χ0v) is 19.9. The van der Waals surface area contributed by atoms with Crippen LogP contribution >= 0.6 is 0 Å². The molecule has 1 aliphatic rings. The van der Waals surface area contributed by atoms with Crippen LogP contribution in [-0.4, -0.2) is 55.5 Å². The van der Waals surface area contributed by atoms with Crippen molar-refractivity contribution in [1.29, 1.82) is 0 Å². The molecule has 9 nitrogen and oxygen atoms in total. The maximum atomic E-state index is 12.0. The fraction of sp³-hybridized carbons (Fsp3) is 0.259. The highest BCUT2D eigenvalue weighted by molar-refractivity contribution is 5.95. The number of rotatable bonds is 6. The highest BCUT2D eigenvalue weighted by Gasteiger charge is 2.24. The molecule has 0 amide bonds. The fourth-order valence-corrected chi connectivity index (χ4v) is 4.98. The molecular formula is C27H26N6O3. The summed E-state index contributed by atoms with van der Waals surface area (Å²) in [4.78, 5) is 23.2. The van der Waals surface area contributed by atoms with Gasteiger partial charge in [-0.15, -0.1) is 0 Å². The first-order valence-corrected chi connectivity index (χ1v) is 12.0. The van der Waals surface area contributed by atoms with E-state index in [4.69, 9.17) is 9.84 Å². The van der Waals surface area contributed by atoms with Crippen molar-refractivity contribution in [3.05, 3.63) is 78.4 Å². The highest BCUT2D eigenvalue weighted by atomic mass is 16.5. The van der Waals surface area contributed by atoms with E-state index in [1.165, 1.54) is 10.7 Å². The second kappa shape index (κ2) is 9.09. The van der Waals surface area contributed by atoms with Crippen molar-refractivity contribution in [2.75, 3.05) is 25.2 Å². The normalized spacial score (nSPS) is 14.5. The van der Waals surface area contributed by atoms with E-state index >= 15 is 0 Å². The summed E-state index contributed by atoms with van der Waals surface area (Å²) in [6, 6.07) is 16.4. The lowest BCUT2D eigenvalue weighted by molar-refractivity contribution is 0.0687. The third kappa shape index (κ3) is 3.87. The van der Waals surface area contributed by atoms with Crippen LogP contribution in [0.1, 0.15) is 34.9 Å². The molecule has 0 radical (unpaired) electrons. The topological polar surface area (TPSA) is 97.8 Å². The summed E-state index contributed by atoms with van der Waals surface area (Å²) in [5.41, 5.74) is 4.93. The molecule has 9 heteroatoms. The first-order chi connectivity index (χ1) is 17.6. The van der Waals surface area contributed by atoms with Crippen LogP contribution in [0.5, 0.6) is 0 Å². The smallest absolute Gasteiger partial charge is 0.356 e. The molecule has 0 unspecified atom stereocenters. The molecule has 1 aliphatic heterocycles. The number of carboxylic acids is 1. The number of pyridine rings is 1. The maximum Gasteiger partial charge on any atom is 0.356 e. The van der Waals surface area contributed by atoms with Gasteiger partial charge in [0.05, 0.1) is 17.6 Å². The van der Waals surface area contributed by atoms with Crippen LogP contribution < -0.4 is 4.90 Å². The van der Waals surface area contributed by atoms with E-state index < -0.39 is 5.97 Å². The van der Waals surface area contributed by atoms with Crippen LogP contribution in [-0.2, 0) is 11.3 Å². The van der Waals surface area contributed by atoms with Crippen LogP contribution in [0.4, 0.5) is 5.69 Å². The lowest BCUT2D eigenvalue weighted by Gasteiger charge is -2.24. The fourth-order valence-electron chi connectivity index (χ4n) is 4.98. The number of aromatic carboxylic acids is 1. The lowest BCUT2D eigenvalue weighted by Crippen LogP contribution is -2.19. The molecule has 0 aliphatic carbocycles. The Morgan fingerprint density at radius 2 is 1.92 bits per heavy atom. The van der Waals surface area contributed by atoms with Crippen LogP contribution in [0, 0.1) is 0 Å². The number of carboxylic acid groups (broad SMARTS) is 1. The second-order valence-electron chi connectivity index (χ2n) is 9.11. The Morgan fingerprint density at radius 1 is 1.11 bits per heavy atom. The molecule has 5 aromatic rings. The number of ether oxygens (including phenoxy) is 1. The van der Waals surface area contributed by atoms with Crippen molar-refractivity contribution >= 4 is 28.3 Å². The van der Waals surface area contributed by atoms with Gasteiger partial charge in [-0.2, -0.15) is 5.10 Å². The zero-order chi connectivity index (χ0) is 24.6. The molecule has 36 heavy (non-hydrogen) atoms. The largest absolute Gasteiger partial charge is 0.476 e. The van der Waals surface area contributed by atoms with E-state index in [1.807, 2.05) is 43.4 Å². The van der Waals surface area contributed by atoms with Gasteiger partial charge in [0.2, 0.25) is 0 Å². The van der Waals surface area contributed by atoms with Crippen LogP contribution in [0.25, 0.3) is 27.9 Å². The third-order valence-electron chi connectivity index (χ3n) is 6.79. The summed E-state index contributed by atoms with van der Waals surface area (Å²) in [6.07, 6.45) is 7.10. The van der Waals surface area contributed by atoms with E-state index in [-0.39, 0.29) is 11.7 Å². The van der Waals surface area contributed by atoms with E-state index in [9.17, 15) is 9.90 Å². The van der Waals surface area contributed by atoms with Crippen LogP contribution in [0.3, 0.4) is 0 Å². The maximum absolute atomic E-state index is 12.0. The van der Waals surface area contributed by atoms with Gasteiger partial charge in [0.15, 0.2) is 11.3 Å². The van der Waals surface area contributed by atoms with Gasteiger partial charge < -0.3 is 19.3 Å². The van der Waals surface area contributed by atoms with E-state index in [2.05, 4.69) is 37.8 Å². The molecule has 1 N–H and O–H groups in total.